The van der Waals surface area contributed by atoms with E-state index in [1.54, 1.807) is 6.08 Å². The van der Waals surface area contributed by atoms with E-state index in [2.05, 4.69) is 29.7 Å². The second kappa shape index (κ2) is 9.12. The number of benzene rings is 2. The second-order valence-electron chi connectivity index (χ2n) is 11.3. The molecule has 2 bridgehead atoms. The van der Waals surface area contributed by atoms with Gasteiger partial charge in [0.2, 0.25) is 5.91 Å². The minimum Gasteiger partial charge on any atom is -0.487 e. The van der Waals surface area contributed by atoms with Crippen LogP contribution in [0.4, 0.5) is 0 Å². The lowest BCUT2D eigenvalue weighted by atomic mass is 9.48. The van der Waals surface area contributed by atoms with Gasteiger partial charge in [0.05, 0.1) is 17.5 Å². The van der Waals surface area contributed by atoms with Crippen LogP contribution in [0, 0.1) is 6.92 Å². The van der Waals surface area contributed by atoms with Crippen LogP contribution in [0.3, 0.4) is 0 Å². The molecule has 1 spiro atoms. The molecule has 1 saturated heterocycles. The fourth-order valence-corrected chi connectivity index (χ4v) is 8.01. The van der Waals surface area contributed by atoms with E-state index in [-0.39, 0.29) is 30.1 Å². The zero-order chi connectivity index (χ0) is 26.7. The number of likely N-dealkylation sites (tertiary alicyclic amines) is 1. The monoisotopic (exact) mass is 512 g/mol. The third-order valence-corrected chi connectivity index (χ3v) is 9.40. The Morgan fingerprint density at radius 1 is 1.24 bits per heavy atom. The molecule has 6 heteroatoms. The fourth-order valence-electron chi connectivity index (χ4n) is 8.01. The Labute approximate surface area is 224 Å². The summed E-state index contributed by atoms with van der Waals surface area (Å²) in [5.41, 5.74) is 3.41. The lowest BCUT2D eigenvalue weighted by Gasteiger charge is -2.65. The topological polar surface area (TPSA) is 59.1 Å². The molecule has 2 aliphatic heterocycles. The Balaban J connectivity index is 1.41. The average molecular weight is 513 g/mol. The van der Waals surface area contributed by atoms with Crippen LogP contribution in [0.5, 0.6) is 5.75 Å². The molecule has 2 aromatic carbocycles. The fraction of sp³-hybridized carbons (Fsp3) is 0.438. The molecular weight excluding hydrogens is 476 g/mol. The molecule has 4 aliphatic rings. The molecule has 2 fully saturated rings. The summed E-state index contributed by atoms with van der Waals surface area (Å²) >= 11 is 0. The van der Waals surface area contributed by atoms with E-state index in [0.29, 0.717) is 12.8 Å². The Kier molecular flexibility index (Phi) is 5.98. The standard InChI is InChI=1S/C32H36N2O4/c1-5-17-34-18-16-31-29-24-10-7-11-26(29)37-30(31)25(14-15-32(31,27(34)20-24)38-22(3)35)33(4)28(36)13-12-23-9-6-8-21(2)19-23/h5-13,19,25,27,30H,1,14-18,20H2,2-4H3/t25-,27+,30-,31-,32?/m0/s1. The minimum absolute atomic E-state index is 0.0354. The number of nitrogens with zero attached hydrogens (tertiary/aromatic N) is 2. The number of likely N-dealkylation sites (N-methyl/N-ethyl adjacent to an activating group) is 1. The number of piperidine rings is 1. The highest BCUT2D eigenvalue weighted by Gasteiger charge is 2.75. The Hall–Kier alpha value is -3.38. The van der Waals surface area contributed by atoms with E-state index in [1.807, 2.05) is 55.3 Å². The third-order valence-electron chi connectivity index (χ3n) is 9.40. The number of amides is 1. The van der Waals surface area contributed by atoms with Gasteiger partial charge in [0.25, 0.3) is 0 Å². The molecule has 0 radical (unpaired) electrons. The van der Waals surface area contributed by atoms with Crippen molar-refractivity contribution < 1.29 is 19.1 Å². The first-order chi connectivity index (χ1) is 18.3. The maximum Gasteiger partial charge on any atom is 0.303 e. The van der Waals surface area contributed by atoms with Crippen molar-refractivity contribution in [3.63, 3.8) is 0 Å². The highest BCUT2D eigenvalue weighted by Crippen LogP contribution is 2.65. The third kappa shape index (κ3) is 3.49. The molecule has 5 atom stereocenters. The maximum atomic E-state index is 13.5. The molecule has 6 rings (SSSR count). The Morgan fingerprint density at radius 2 is 2.05 bits per heavy atom. The van der Waals surface area contributed by atoms with E-state index < -0.39 is 11.0 Å². The maximum absolute atomic E-state index is 13.5. The number of hydrogen-bond acceptors (Lipinski definition) is 5. The van der Waals surface area contributed by atoms with Gasteiger partial charge in [-0.25, -0.2) is 0 Å². The van der Waals surface area contributed by atoms with Crippen LogP contribution >= 0.6 is 0 Å². The van der Waals surface area contributed by atoms with Crippen LogP contribution in [-0.2, 0) is 26.2 Å². The van der Waals surface area contributed by atoms with Crippen molar-refractivity contribution in [3.05, 3.63) is 83.4 Å². The summed E-state index contributed by atoms with van der Waals surface area (Å²) in [4.78, 5) is 30.4. The van der Waals surface area contributed by atoms with E-state index in [1.165, 1.54) is 18.1 Å². The molecule has 198 valence electrons. The van der Waals surface area contributed by atoms with Crippen LogP contribution in [0.25, 0.3) is 6.08 Å². The van der Waals surface area contributed by atoms with Gasteiger partial charge in [-0.05, 0) is 55.9 Å². The minimum atomic E-state index is -0.706. The van der Waals surface area contributed by atoms with Crippen molar-refractivity contribution in [2.45, 2.75) is 68.7 Å². The molecule has 6 nitrogen and oxygen atoms in total. The summed E-state index contributed by atoms with van der Waals surface area (Å²) in [6.07, 6.45) is 8.17. The molecule has 38 heavy (non-hydrogen) atoms. The summed E-state index contributed by atoms with van der Waals surface area (Å²) in [5, 5.41) is 0. The van der Waals surface area contributed by atoms with E-state index in [0.717, 1.165) is 42.8 Å². The predicted octanol–water partition coefficient (Wildman–Crippen LogP) is 4.45. The van der Waals surface area contributed by atoms with Crippen LogP contribution in [0.1, 0.15) is 48.4 Å². The molecule has 1 unspecified atom stereocenters. The summed E-state index contributed by atoms with van der Waals surface area (Å²) in [6.45, 7) is 9.16. The summed E-state index contributed by atoms with van der Waals surface area (Å²) in [6, 6.07) is 14.3. The number of hydrogen-bond donors (Lipinski definition) is 0. The highest BCUT2D eigenvalue weighted by molar-refractivity contribution is 5.92. The van der Waals surface area contributed by atoms with Gasteiger partial charge in [-0.15, -0.1) is 6.58 Å². The number of aryl methyl sites for hydroxylation is 1. The van der Waals surface area contributed by atoms with Crippen LogP contribution in [-0.4, -0.2) is 65.6 Å². The summed E-state index contributed by atoms with van der Waals surface area (Å²) < 4.78 is 13.3. The normalized spacial score (nSPS) is 30.9. The summed E-state index contributed by atoms with van der Waals surface area (Å²) in [7, 11) is 1.88. The SMILES string of the molecule is C=CCN1CC[C@]23c4c5cccc4O[C@H]2[C@@H](N(C)C(=O)C=Cc2cccc(C)c2)CCC3(OC(C)=O)[C@H]1C5. The molecule has 0 N–H and O–H groups in total. The van der Waals surface area contributed by atoms with Crippen LogP contribution in [0.15, 0.2) is 61.2 Å². The number of carbonyl (C=O) groups excluding carboxylic acids is 2. The van der Waals surface area contributed by atoms with E-state index >= 15 is 0 Å². The van der Waals surface area contributed by atoms with Crippen molar-refractivity contribution in [1.82, 2.24) is 9.80 Å². The van der Waals surface area contributed by atoms with Gasteiger partial charge in [0.15, 0.2) is 0 Å². The average Bonchev–Trinajstić information content (AvgIpc) is 3.23. The van der Waals surface area contributed by atoms with Gasteiger partial charge in [0, 0.05) is 38.7 Å². The van der Waals surface area contributed by atoms with Crippen molar-refractivity contribution in [1.29, 1.82) is 0 Å². The van der Waals surface area contributed by atoms with Crippen molar-refractivity contribution in [3.8, 4) is 5.75 Å². The largest absolute Gasteiger partial charge is 0.487 e. The number of rotatable bonds is 6. The van der Waals surface area contributed by atoms with Crippen molar-refractivity contribution in [2.24, 2.45) is 0 Å². The van der Waals surface area contributed by atoms with Gasteiger partial charge < -0.3 is 14.4 Å². The molecule has 2 aliphatic carbocycles. The van der Waals surface area contributed by atoms with Crippen molar-refractivity contribution >= 4 is 18.0 Å². The summed E-state index contributed by atoms with van der Waals surface area (Å²) in [5.74, 6) is 0.567. The lowest BCUT2D eigenvalue weighted by Crippen LogP contribution is -2.79. The Morgan fingerprint density at radius 3 is 2.82 bits per heavy atom. The Bertz CT molecular complexity index is 1330. The number of ether oxygens (including phenoxy) is 2. The molecule has 1 amide bonds. The highest BCUT2D eigenvalue weighted by atomic mass is 16.6. The van der Waals surface area contributed by atoms with Gasteiger partial charge in [-0.3, -0.25) is 14.5 Å². The van der Waals surface area contributed by atoms with Gasteiger partial charge >= 0.3 is 5.97 Å². The molecule has 2 aromatic rings. The molecule has 0 aromatic heterocycles. The first kappa shape index (κ1) is 24.9. The van der Waals surface area contributed by atoms with Gasteiger partial charge in [0.1, 0.15) is 17.5 Å². The van der Waals surface area contributed by atoms with E-state index in [4.69, 9.17) is 9.47 Å². The lowest BCUT2D eigenvalue weighted by molar-refractivity contribution is -0.222. The molecular formula is C32H36N2O4. The van der Waals surface area contributed by atoms with Crippen molar-refractivity contribution in [2.75, 3.05) is 20.1 Å². The number of esters is 1. The number of carbonyl (C=O) groups is 2. The first-order valence-corrected chi connectivity index (χ1v) is 13.7. The zero-order valence-electron chi connectivity index (χ0n) is 22.5. The van der Waals surface area contributed by atoms with Gasteiger partial charge in [-0.2, -0.15) is 0 Å². The predicted molar refractivity (Wildman–Crippen MR) is 147 cm³/mol. The first-order valence-electron chi connectivity index (χ1n) is 13.7. The van der Waals surface area contributed by atoms with Crippen LogP contribution in [0.2, 0.25) is 0 Å². The zero-order valence-corrected chi connectivity index (χ0v) is 22.5. The smallest absolute Gasteiger partial charge is 0.303 e. The molecule has 2 heterocycles. The quantitative estimate of drug-likeness (QED) is 0.325. The molecule has 1 saturated carbocycles. The second-order valence-corrected chi connectivity index (χ2v) is 11.3. The van der Waals surface area contributed by atoms with Crippen LogP contribution < -0.4 is 4.74 Å². The van der Waals surface area contributed by atoms with E-state index in [9.17, 15) is 9.59 Å². The van der Waals surface area contributed by atoms with Gasteiger partial charge in [-0.1, -0.05) is 48.0 Å².